The van der Waals surface area contributed by atoms with Gasteiger partial charge >= 0.3 is 214 Å². The molecule has 0 fully saturated rings. The summed E-state index contributed by atoms with van der Waals surface area (Å²) in [5.41, 5.74) is 7.50. The van der Waals surface area contributed by atoms with Crippen LogP contribution >= 0.6 is 0 Å². The third-order valence-electron chi connectivity index (χ3n) is 7.00. The predicted molar refractivity (Wildman–Crippen MR) is 140 cm³/mol. The maximum absolute atomic E-state index is 7.29. The van der Waals surface area contributed by atoms with E-state index >= 15 is 0 Å². The van der Waals surface area contributed by atoms with E-state index < -0.39 is 21.1 Å². The van der Waals surface area contributed by atoms with E-state index in [0.29, 0.717) is 0 Å². The molecule has 2 nitrogen and oxygen atoms in total. The molecule has 2 aliphatic carbocycles. The Morgan fingerprint density at radius 2 is 1.00 bits per heavy atom. The Bertz CT molecular complexity index is 1340. The third-order valence-corrected chi connectivity index (χ3v) is 16.5. The van der Waals surface area contributed by atoms with Gasteiger partial charge in [0.1, 0.15) is 0 Å². The molecule has 2 unspecified atom stereocenters. The number of benzene rings is 4. The van der Waals surface area contributed by atoms with E-state index in [1.807, 2.05) is 0 Å². The van der Waals surface area contributed by atoms with E-state index in [-0.39, 0.29) is 7.25 Å². The molecule has 35 heavy (non-hydrogen) atoms. The van der Waals surface area contributed by atoms with E-state index in [9.17, 15) is 0 Å². The predicted octanol–water partition coefficient (Wildman–Crippen LogP) is 8.28. The van der Waals surface area contributed by atoms with Gasteiger partial charge in [0.05, 0.1) is 0 Å². The SMILES string of the molecule is Cc1cccc([O][Zr]([O]c2cccc(C)c2)([CH]2C=Cc3ccccc32)[CH]2C=Cc3ccccc32)c1. The second kappa shape index (κ2) is 9.13. The molecule has 0 saturated heterocycles. The van der Waals surface area contributed by atoms with Gasteiger partial charge in [0.15, 0.2) is 0 Å². The van der Waals surface area contributed by atoms with Crippen molar-refractivity contribution >= 4 is 12.2 Å². The summed E-state index contributed by atoms with van der Waals surface area (Å²) in [6.07, 6.45) is 9.16. The Morgan fingerprint density at radius 3 is 1.46 bits per heavy atom. The van der Waals surface area contributed by atoms with Crippen molar-refractivity contribution < 1.29 is 26.8 Å². The Kier molecular flexibility index (Phi) is 5.82. The summed E-state index contributed by atoms with van der Waals surface area (Å²) >= 11 is -4.21. The molecule has 2 aliphatic rings. The first kappa shape index (κ1) is 22.3. The van der Waals surface area contributed by atoms with Crippen molar-refractivity contribution in [3.8, 4) is 11.5 Å². The Labute approximate surface area is 213 Å². The van der Waals surface area contributed by atoms with Crippen molar-refractivity contribution in [2.24, 2.45) is 0 Å². The van der Waals surface area contributed by atoms with E-state index in [0.717, 1.165) is 11.5 Å². The molecule has 0 aromatic heterocycles. The molecule has 0 heterocycles. The number of rotatable bonds is 6. The maximum atomic E-state index is 7.29. The molecule has 4 aromatic carbocycles. The molecule has 3 heteroatoms. The first-order valence-corrected chi connectivity index (χ1v) is 17.0. The second-order valence-corrected chi connectivity index (χ2v) is 17.1. The van der Waals surface area contributed by atoms with Crippen LogP contribution in [0.1, 0.15) is 40.6 Å². The number of hydrogen-bond donors (Lipinski definition) is 0. The normalized spacial score (nSPS) is 17.8. The summed E-state index contributed by atoms with van der Waals surface area (Å²) in [6, 6.07) is 34.2. The quantitative estimate of drug-likeness (QED) is 0.247. The van der Waals surface area contributed by atoms with Crippen molar-refractivity contribution in [3.63, 3.8) is 0 Å². The average molecular weight is 536 g/mol. The van der Waals surface area contributed by atoms with Crippen LogP contribution in [0.5, 0.6) is 11.5 Å². The molecular formula is C32H28O2Zr. The van der Waals surface area contributed by atoms with Crippen LogP contribution in [0.3, 0.4) is 0 Å². The van der Waals surface area contributed by atoms with Crippen molar-refractivity contribution in [1.29, 1.82) is 0 Å². The molecule has 0 aliphatic heterocycles. The van der Waals surface area contributed by atoms with Gasteiger partial charge in [-0.25, -0.2) is 0 Å². The zero-order valence-electron chi connectivity index (χ0n) is 20.0. The van der Waals surface area contributed by atoms with Gasteiger partial charge in [-0.15, -0.1) is 0 Å². The fourth-order valence-electron chi connectivity index (χ4n) is 5.39. The number of aryl methyl sites for hydroxylation is 2. The minimum atomic E-state index is -4.21. The molecule has 0 saturated carbocycles. The van der Waals surface area contributed by atoms with Gasteiger partial charge in [-0.1, -0.05) is 0 Å². The molecule has 0 amide bonds. The molecule has 0 N–H and O–H groups in total. The first-order valence-electron chi connectivity index (χ1n) is 12.2. The number of allylic oxidation sites excluding steroid dienone is 2. The summed E-state index contributed by atoms with van der Waals surface area (Å²) in [5.74, 6) is 1.79. The van der Waals surface area contributed by atoms with Gasteiger partial charge in [0, 0.05) is 0 Å². The fraction of sp³-hybridized carbons (Fsp3) is 0.125. The molecule has 6 rings (SSSR count). The van der Waals surface area contributed by atoms with Gasteiger partial charge in [-0.3, -0.25) is 0 Å². The van der Waals surface area contributed by atoms with Gasteiger partial charge in [0.25, 0.3) is 0 Å². The van der Waals surface area contributed by atoms with Crippen LogP contribution in [0.4, 0.5) is 0 Å². The van der Waals surface area contributed by atoms with Crippen LogP contribution in [-0.2, 0) is 21.1 Å². The van der Waals surface area contributed by atoms with E-state index in [2.05, 4.69) is 135 Å². The van der Waals surface area contributed by atoms with Crippen molar-refractivity contribution in [2.45, 2.75) is 21.1 Å². The zero-order valence-corrected chi connectivity index (χ0v) is 22.5. The van der Waals surface area contributed by atoms with E-state index in [4.69, 9.17) is 5.63 Å². The molecule has 2 atom stereocenters. The van der Waals surface area contributed by atoms with Crippen LogP contribution in [-0.4, -0.2) is 0 Å². The van der Waals surface area contributed by atoms with E-state index in [1.54, 1.807) is 0 Å². The van der Waals surface area contributed by atoms with Gasteiger partial charge in [-0.05, 0) is 0 Å². The summed E-state index contributed by atoms with van der Waals surface area (Å²) in [4.78, 5) is 0. The molecule has 172 valence electrons. The molecular weight excluding hydrogens is 508 g/mol. The van der Waals surface area contributed by atoms with Crippen LogP contribution in [0, 0.1) is 13.8 Å². The van der Waals surface area contributed by atoms with Crippen molar-refractivity contribution in [2.75, 3.05) is 0 Å². The van der Waals surface area contributed by atoms with Gasteiger partial charge in [0.2, 0.25) is 0 Å². The number of hydrogen-bond acceptors (Lipinski definition) is 2. The second-order valence-electron chi connectivity index (χ2n) is 9.49. The fourth-order valence-corrected chi connectivity index (χ4v) is 15.3. The average Bonchev–Trinajstić information content (AvgIpc) is 3.49. The summed E-state index contributed by atoms with van der Waals surface area (Å²) in [6.45, 7) is 4.22. The zero-order chi connectivity index (χ0) is 23.8. The Hall–Kier alpha value is -3.16. The molecule has 0 bridgehead atoms. The van der Waals surface area contributed by atoms with Crippen molar-refractivity contribution in [3.05, 3.63) is 143 Å². The standard InChI is InChI=1S/2C9H7.2C7H8O.Zr/c2*1-2-5-9-7-3-6-8(9)4-1;2*1-6-3-2-4-7(8)5-6;/h2*1-7H;2*2-5,8H,1H3;/q;;;;+2/p-2. The number of fused-ring (bicyclic) bond motifs is 2. The molecule has 0 spiro atoms. The Morgan fingerprint density at radius 1 is 0.543 bits per heavy atom. The van der Waals surface area contributed by atoms with Crippen LogP contribution in [0.15, 0.2) is 109 Å². The topological polar surface area (TPSA) is 18.5 Å². The third kappa shape index (κ3) is 4.13. The Balaban J connectivity index is 1.58. The van der Waals surface area contributed by atoms with Gasteiger partial charge in [-0.2, -0.15) is 0 Å². The summed E-state index contributed by atoms with van der Waals surface area (Å²) < 4.78 is 14.8. The minimum absolute atomic E-state index is 0.0994. The first-order chi connectivity index (χ1) is 17.1. The van der Waals surface area contributed by atoms with Crippen molar-refractivity contribution in [1.82, 2.24) is 0 Å². The monoisotopic (exact) mass is 534 g/mol. The van der Waals surface area contributed by atoms with E-state index in [1.165, 1.54) is 33.4 Å². The van der Waals surface area contributed by atoms with Crippen LogP contribution < -0.4 is 5.63 Å². The molecule has 4 aromatic rings. The van der Waals surface area contributed by atoms with Crippen LogP contribution in [0.25, 0.3) is 12.2 Å². The summed E-state index contributed by atoms with van der Waals surface area (Å²) in [7, 11) is 0. The molecule has 0 radical (unpaired) electrons. The van der Waals surface area contributed by atoms with Crippen LogP contribution in [0.2, 0.25) is 0 Å². The van der Waals surface area contributed by atoms with Gasteiger partial charge < -0.3 is 0 Å². The summed E-state index contributed by atoms with van der Waals surface area (Å²) in [5, 5.41) is 0.